The van der Waals surface area contributed by atoms with E-state index in [1.165, 1.54) is 14.0 Å². The maximum Gasteiger partial charge on any atom is 0.410 e. The maximum atomic E-state index is 12.9. The monoisotopic (exact) mass is 645 g/mol. The molecule has 6 N–H and O–H groups in total. The van der Waals surface area contributed by atoms with E-state index in [2.05, 4.69) is 10.6 Å². The lowest BCUT2D eigenvalue weighted by Crippen LogP contribution is -2.69. The van der Waals surface area contributed by atoms with E-state index in [4.69, 9.17) is 23.7 Å². The molecular formula is C31H55N3O11. The molecule has 12 atom stereocenters. The molecule has 0 aromatic carbocycles. The van der Waals surface area contributed by atoms with E-state index >= 15 is 0 Å². The number of nitrogens with one attached hydrogen (secondary N) is 2. The molecule has 45 heavy (non-hydrogen) atoms. The zero-order chi connectivity index (χ0) is 33.9. The number of rotatable bonds is 10. The quantitative estimate of drug-likeness (QED) is 0.196. The van der Waals surface area contributed by atoms with Gasteiger partial charge in [-0.15, -0.1) is 0 Å². The predicted molar refractivity (Wildman–Crippen MR) is 163 cm³/mol. The van der Waals surface area contributed by atoms with Gasteiger partial charge in [0.05, 0.1) is 30.6 Å². The molecule has 14 heteroatoms. The van der Waals surface area contributed by atoms with E-state index in [0.717, 1.165) is 4.90 Å². The van der Waals surface area contributed by atoms with Crippen molar-refractivity contribution >= 4 is 12.0 Å². The average Bonchev–Trinajstić information content (AvgIpc) is 2.96. The summed E-state index contributed by atoms with van der Waals surface area (Å²) in [7, 11) is 3.16. The summed E-state index contributed by atoms with van der Waals surface area (Å²) in [5.74, 6) is -0.0308. The van der Waals surface area contributed by atoms with Crippen LogP contribution < -0.4 is 10.6 Å². The number of nitrogens with zero attached hydrogens (tertiary/aromatic N) is 1. The molecule has 1 unspecified atom stereocenters. The van der Waals surface area contributed by atoms with Crippen LogP contribution in [0, 0.1) is 5.92 Å². The first-order valence-corrected chi connectivity index (χ1v) is 15.9. The molecule has 0 aromatic rings. The van der Waals surface area contributed by atoms with Gasteiger partial charge >= 0.3 is 6.09 Å². The van der Waals surface area contributed by atoms with E-state index in [-0.39, 0.29) is 25.0 Å². The summed E-state index contributed by atoms with van der Waals surface area (Å²) in [5.41, 5.74) is -2.43. The fourth-order valence-corrected chi connectivity index (χ4v) is 6.17. The van der Waals surface area contributed by atoms with Crippen molar-refractivity contribution in [1.29, 1.82) is 0 Å². The number of ether oxygens (including phenoxy) is 5. The summed E-state index contributed by atoms with van der Waals surface area (Å²) in [4.78, 5) is 26.5. The van der Waals surface area contributed by atoms with Crippen LogP contribution in [0.25, 0.3) is 0 Å². The second kappa shape index (κ2) is 15.2. The van der Waals surface area contributed by atoms with Crippen LogP contribution in [0.1, 0.15) is 74.1 Å². The van der Waals surface area contributed by atoms with Crippen LogP contribution in [0.15, 0.2) is 11.8 Å². The Balaban J connectivity index is 1.81. The highest BCUT2D eigenvalue weighted by Crippen LogP contribution is 2.36. The second-order valence-electron chi connectivity index (χ2n) is 13.6. The number of hydrogen-bond donors (Lipinski definition) is 6. The molecule has 3 rings (SSSR count). The fourth-order valence-electron chi connectivity index (χ4n) is 6.17. The van der Waals surface area contributed by atoms with Crippen LogP contribution in [-0.4, -0.2) is 130 Å². The van der Waals surface area contributed by atoms with Gasteiger partial charge < -0.3 is 59.6 Å². The molecule has 1 aliphatic carbocycles. The van der Waals surface area contributed by atoms with E-state index in [9.17, 15) is 30.0 Å². The van der Waals surface area contributed by atoms with Crippen LogP contribution in [0.5, 0.6) is 0 Å². The standard InChI is InChI=1S/C31H55N3O11/c1-10-17-12-13-18(33-26(38)20(35)11-2)27(42-17)43-23-16(3)14-19(32-8)24(21(23)36)44-28-22(37)25(31(7,40)15-41-28)34(9)29(39)45-30(4,5)6/h12,16,18-25,27-28,32,35-37,40H,10-11,13-15H2,1-9H3,(H,33,38)/t16-,18+,19+,20-,21-,22+,23?,24-,25+,27+,28+,31-/m0/s1. The van der Waals surface area contributed by atoms with Gasteiger partial charge in [-0.25, -0.2) is 4.79 Å². The summed E-state index contributed by atoms with van der Waals surface area (Å²) in [5, 5.41) is 50.2. The first-order valence-electron chi connectivity index (χ1n) is 15.9. The summed E-state index contributed by atoms with van der Waals surface area (Å²) in [6, 6.07) is -2.13. The van der Waals surface area contributed by atoms with Crippen LogP contribution in [0.4, 0.5) is 4.79 Å². The minimum Gasteiger partial charge on any atom is -0.467 e. The largest absolute Gasteiger partial charge is 0.467 e. The molecule has 0 radical (unpaired) electrons. The number of amides is 2. The molecule has 0 bridgehead atoms. The highest BCUT2D eigenvalue weighted by atomic mass is 16.7. The van der Waals surface area contributed by atoms with Crippen molar-refractivity contribution in [2.24, 2.45) is 5.92 Å². The van der Waals surface area contributed by atoms with Gasteiger partial charge in [0.2, 0.25) is 12.2 Å². The Bertz CT molecular complexity index is 1030. The van der Waals surface area contributed by atoms with Crippen molar-refractivity contribution < 1.29 is 53.7 Å². The molecule has 2 amide bonds. The van der Waals surface area contributed by atoms with Gasteiger partial charge in [-0.2, -0.15) is 0 Å². The van der Waals surface area contributed by atoms with Crippen LogP contribution >= 0.6 is 0 Å². The smallest absolute Gasteiger partial charge is 0.410 e. The molecule has 3 aliphatic rings. The van der Waals surface area contributed by atoms with Gasteiger partial charge in [-0.1, -0.05) is 20.8 Å². The van der Waals surface area contributed by atoms with Gasteiger partial charge in [0.25, 0.3) is 0 Å². The number of carbonyl (C=O) groups is 2. The van der Waals surface area contributed by atoms with Crippen molar-refractivity contribution in [2.45, 2.75) is 147 Å². The Morgan fingerprint density at radius 1 is 1.13 bits per heavy atom. The normalized spacial score (nSPS) is 38.0. The van der Waals surface area contributed by atoms with Gasteiger partial charge in [-0.3, -0.25) is 4.79 Å². The first kappa shape index (κ1) is 37.4. The van der Waals surface area contributed by atoms with E-state index < -0.39 is 78.4 Å². The minimum atomic E-state index is -1.63. The number of likely N-dealkylation sites (N-methyl/N-ethyl adjacent to an activating group) is 2. The third kappa shape index (κ3) is 9.07. The number of carbonyl (C=O) groups excluding carboxylic acids is 2. The molecule has 1 saturated heterocycles. The van der Waals surface area contributed by atoms with Gasteiger partial charge in [-0.05, 0) is 66.0 Å². The molecule has 0 aromatic heterocycles. The topological polar surface area (TPSA) is 189 Å². The molecule has 1 saturated carbocycles. The lowest BCUT2D eigenvalue weighted by molar-refractivity contribution is -0.313. The highest BCUT2D eigenvalue weighted by Gasteiger charge is 2.53. The zero-order valence-corrected chi connectivity index (χ0v) is 28.1. The van der Waals surface area contributed by atoms with Crippen LogP contribution in [0.2, 0.25) is 0 Å². The van der Waals surface area contributed by atoms with Gasteiger partial charge in [0.1, 0.15) is 35.6 Å². The molecule has 2 heterocycles. The lowest BCUT2D eigenvalue weighted by atomic mass is 9.80. The van der Waals surface area contributed by atoms with Crippen molar-refractivity contribution in [1.82, 2.24) is 15.5 Å². The van der Waals surface area contributed by atoms with Crippen molar-refractivity contribution in [3.63, 3.8) is 0 Å². The Morgan fingerprint density at radius 2 is 1.78 bits per heavy atom. The number of aliphatic hydroxyl groups excluding tert-OH is 3. The van der Waals surface area contributed by atoms with E-state index in [1.807, 2.05) is 19.9 Å². The second-order valence-corrected chi connectivity index (χ2v) is 13.6. The third-order valence-corrected chi connectivity index (χ3v) is 8.65. The molecular weight excluding hydrogens is 590 g/mol. The molecule has 14 nitrogen and oxygen atoms in total. The van der Waals surface area contributed by atoms with E-state index in [0.29, 0.717) is 25.0 Å². The van der Waals surface area contributed by atoms with Crippen LogP contribution in [0.3, 0.4) is 0 Å². The van der Waals surface area contributed by atoms with E-state index in [1.54, 1.807) is 34.7 Å². The minimum absolute atomic E-state index is 0.182. The predicted octanol–water partition coefficient (Wildman–Crippen LogP) is 0.745. The molecule has 0 spiro atoms. The first-order chi connectivity index (χ1) is 20.9. The fraction of sp³-hybridized carbons (Fsp3) is 0.871. The molecule has 260 valence electrons. The summed E-state index contributed by atoms with van der Waals surface area (Å²) in [6.07, 6.45) is -4.98. The van der Waals surface area contributed by atoms with Crippen LogP contribution in [-0.2, 0) is 28.5 Å². The maximum absolute atomic E-state index is 12.9. The Morgan fingerprint density at radius 3 is 2.36 bits per heavy atom. The highest BCUT2D eigenvalue weighted by molar-refractivity contribution is 5.80. The molecule has 2 aliphatic heterocycles. The summed E-state index contributed by atoms with van der Waals surface area (Å²) < 4.78 is 29.9. The Kier molecular flexibility index (Phi) is 12.7. The number of hydrogen-bond acceptors (Lipinski definition) is 12. The third-order valence-electron chi connectivity index (χ3n) is 8.65. The summed E-state index contributed by atoms with van der Waals surface area (Å²) in [6.45, 7) is 11.9. The van der Waals surface area contributed by atoms with Crippen molar-refractivity contribution in [3.8, 4) is 0 Å². The SMILES string of the molecule is CCC1=CC[C@@H](NC(=O)[C@@H](O)CC)[C@@H](OC2[C@@H](C)C[C@@H](NC)[C@H](O[C@H]3OC[C@](C)(O)[C@H](N(C)C(=O)OC(C)(C)C)[C@H]3O)[C@H]2O)O1. The average molecular weight is 646 g/mol. The molecule has 2 fully saturated rings. The lowest BCUT2D eigenvalue weighted by Gasteiger charge is -2.50. The van der Waals surface area contributed by atoms with Gasteiger partial charge in [0, 0.05) is 19.5 Å². The van der Waals surface area contributed by atoms with Crippen molar-refractivity contribution in [3.05, 3.63) is 11.8 Å². The zero-order valence-electron chi connectivity index (χ0n) is 28.1. The summed E-state index contributed by atoms with van der Waals surface area (Å²) >= 11 is 0. The van der Waals surface area contributed by atoms with Crippen molar-refractivity contribution in [2.75, 3.05) is 20.7 Å². The Labute approximate surface area is 266 Å². The number of allylic oxidation sites excluding steroid dienone is 1. The number of aliphatic hydroxyl groups is 4. The van der Waals surface area contributed by atoms with Gasteiger partial charge in [0.15, 0.2) is 6.29 Å². The Hall–Kier alpha value is -2.04.